The van der Waals surface area contributed by atoms with Gasteiger partial charge < -0.3 is 9.64 Å². The highest BCUT2D eigenvalue weighted by atomic mass is 19.3. The van der Waals surface area contributed by atoms with Crippen LogP contribution >= 0.6 is 0 Å². The van der Waals surface area contributed by atoms with E-state index in [2.05, 4.69) is 0 Å². The van der Waals surface area contributed by atoms with Gasteiger partial charge in [-0.25, -0.2) is 0 Å². The van der Waals surface area contributed by atoms with Gasteiger partial charge in [0.25, 0.3) is 5.91 Å². The number of allylic oxidation sites excluding steroid dienone is 2. The molecule has 1 aromatic rings. The molecular weight excluding hydrogens is 276 g/mol. The number of halogens is 2. The Bertz CT molecular complexity index is 482. The van der Waals surface area contributed by atoms with Crippen LogP contribution in [0.1, 0.15) is 12.0 Å². The summed E-state index contributed by atoms with van der Waals surface area (Å²) in [6, 6.07) is 9.57. The minimum atomic E-state index is -3.34. The van der Waals surface area contributed by atoms with Gasteiger partial charge in [0.15, 0.2) is 0 Å². The molecule has 1 aromatic carbocycles. The van der Waals surface area contributed by atoms with Crippen molar-refractivity contribution in [3.8, 4) is 0 Å². The fourth-order valence-corrected chi connectivity index (χ4v) is 2.15. The zero-order valence-electron chi connectivity index (χ0n) is 11.8. The molecule has 1 amide bonds. The number of morpholine rings is 1. The molecule has 0 unspecified atom stereocenters. The number of hydrogen-bond donors (Lipinski definition) is 0. The molecule has 3 nitrogen and oxygen atoms in total. The molecule has 0 aromatic heterocycles. The van der Waals surface area contributed by atoms with Crippen molar-refractivity contribution in [1.29, 1.82) is 0 Å². The quantitative estimate of drug-likeness (QED) is 0.782. The molecule has 0 radical (unpaired) electrons. The molecule has 1 heterocycles. The molecule has 0 aliphatic carbocycles. The van der Waals surface area contributed by atoms with Crippen molar-refractivity contribution < 1.29 is 18.3 Å². The van der Waals surface area contributed by atoms with Gasteiger partial charge in [0.1, 0.15) is 0 Å². The molecule has 0 atom stereocenters. The van der Waals surface area contributed by atoms with Gasteiger partial charge in [0, 0.05) is 19.5 Å². The van der Waals surface area contributed by atoms with E-state index in [9.17, 15) is 13.6 Å². The summed E-state index contributed by atoms with van der Waals surface area (Å²) >= 11 is 0. The molecule has 1 aliphatic rings. The average Bonchev–Trinajstić information content (AvgIpc) is 2.53. The van der Waals surface area contributed by atoms with Crippen LogP contribution in [0.5, 0.6) is 0 Å². The molecule has 0 spiro atoms. The lowest BCUT2D eigenvalue weighted by Gasteiger charge is -2.29. The fraction of sp³-hybridized carbons (Fsp3) is 0.438. The standard InChI is InChI=1S/C16H19F2NO2/c17-16(18,15(20)19-10-12-21-13-11-19)9-5-4-8-14-6-2-1-3-7-14/h1-7H,8-13H2/b5-4+. The van der Waals surface area contributed by atoms with E-state index in [4.69, 9.17) is 4.74 Å². The summed E-state index contributed by atoms with van der Waals surface area (Å²) in [6.07, 6.45) is 3.08. The number of carbonyl (C=O) groups is 1. The number of nitrogens with zero attached hydrogens (tertiary/aromatic N) is 1. The van der Waals surface area contributed by atoms with E-state index in [0.717, 1.165) is 5.56 Å². The highest BCUT2D eigenvalue weighted by molar-refractivity contribution is 5.83. The number of alkyl halides is 2. The normalized spacial score (nSPS) is 16.4. The van der Waals surface area contributed by atoms with Crippen molar-refractivity contribution in [2.45, 2.75) is 18.8 Å². The van der Waals surface area contributed by atoms with E-state index >= 15 is 0 Å². The van der Waals surface area contributed by atoms with Crippen molar-refractivity contribution in [3.63, 3.8) is 0 Å². The van der Waals surface area contributed by atoms with E-state index in [0.29, 0.717) is 19.6 Å². The Morgan fingerprint density at radius 1 is 1.19 bits per heavy atom. The van der Waals surface area contributed by atoms with Crippen LogP contribution in [0.2, 0.25) is 0 Å². The molecule has 0 saturated carbocycles. The van der Waals surface area contributed by atoms with Crippen LogP contribution in [0.3, 0.4) is 0 Å². The van der Waals surface area contributed by atoms with E-state index < -0.39 is 18.3 Å². The fourth-order valence-electron chi connectivity index (χ4n) is 2.15. The van der Waals surface area contributed by atoms with Gasteiger partial charge in [0.05, 0.1) is 13.2 Å². The number of amides is 1. The van der Waals surface area contributed by atoms with Gasteiger partial charge in [0.2, 0.25) is 0 Å². The van der Waals surface area contributed by atoms with Gasteiger partial charge in [-0.15, -0.1) is 0 Å². The number of rotatable bonds is 5. The number of carbonyl (C=O) groups excluding carboxylic acids is 1. The van der Waals surface area contributed by atoms with Crippen LogP contribution in [0.25, 0.3) is 0 Å². The van der Waals surface area contributed by atoms with Crippen molar-refractivity contribution in [2.75, 3.05) is 26.3 Å². The van der Waals surface area contributed by atoms with Gasteiger partial charge in [-0.1, -0.05) is 42.5 Å². The van der Waals surface area contributed by atoms with Gasteiger partial charge >= 0.3 is 5.92 Å². The van der Waals surface area contributed by atoms with Crippen LogP contribution in [-0.4, -0.2) is 43.0 Å². The zero-order chi connectivity index (χ0) is 15.1. The lowest BCUT2D eigenvalue weighted by atomic mass is 10.1. The minimum Gasteiger partial charge on any atom is -0.378 e. The third-order valence-corrected chi connectivity index (χ3v) is 3.35. The predicted molar refractivity (Wildman–Crippen MR) is 76.2 cm³/mol. The Kier molecular flexibility index (Phi) is 5.44. The summed E-state index contributed by atoms with van der Waals surface area (Å²) in [6.45, 7) is 1.13. The Morgan fingerprint density at radius 3 is 2.52 bits per heavy atom. The van der Waals surface area contributed by atoms with Gasteiger partial charge in [-0.3, -0.25) is 4.79 Å². The Morgan fingerprint density at radius 2 is 1.86 bits per heavy atom. The van der Waals surface area contributed by atoms with Crippen LogP contribution in [0.4, 0.5) is 8.78 Å². The molecular formula is C16H19F2NO2. The molecule has 1 saturated heterocycles. The summed E-state index contributed by atoms with van der Waals surface area (Å²) in [4.78, 5) is 12.9. The van der Waals surface area contributed by atoms with Gasteiger partial charge in [-0.2, -0.15) is 8.78 Å². The largest absolute Gasteiger partial charge is 0.378 e. The van der Waals surface area contributed by atoms with Crippen LogP contribution in [0, 0.1) is 0 Å². The third-order valence-electron chi connectivity index (χ3n) is 3.35. The minimum absolute atomic E-state index is 0.238. The summed E-state index contributed by atoms with van der Waals surface area (Å²) < 4.78 is 32.7. The summed E-state index contributed by atoms with van der Waals surface area (Å²) in [7, 11) is 0. The zero-order valence-corrected chi connectivity index (χ0v) is 11.8. The second kappa shape index (κ2) is 7.31. The van der Waals surface area contributed by atoms with Crippen molar-refractivity contribution in [1.82, 2.24) is 4.90 Å². The first-order chi connectivity index (χ1) is 10.1. The topological polar surface area (TPSA) is 29.5 Å². The Labute approximate surface area is 123 Å². The second-order valence-corrected chi connectivity index (χ2v) is 4.97. The molecule has 2 rings (SSSR count). The molecule has 114 valence electrons. The number of benzene rings is 1. The monoisotopic (exact) mass is 295 g/mol. The maximum atomic E-state index is 13.8. The summed E-state index contributed by atoms with van der Waals surface area (Å²) in [5, 5.41) is 0. The summed E-state index contributed by atoms with van der Waals surface area (Å²) in [5.74, 6) is -4.44. The first-order valence-electron chi connectivity index (χ1n) is 7.03. The van der Waals surface area contributed by atoms with E-state index in [1.165, 1.54) is 11.0 Å². The second-order valence-electron chi connectivity index (χ2n) is 4.97. The molecule has 5 heteroatoms. The third kappa shape index (κ3) is 4.63. The Balaban J connectivity index is 1.83. The van der Waals surface area contributed by atoms with Crippen molar-refractivity contribution in [3.05, 3.63) is 48.0 Å². The molecule has 0 bridgehead atoms. The van der Waals surface area contributed by atoms with Crippen molar-refractivity contribution in [2.24, 2.45) is 0 Å². The van der Waals surface area contributed by atoms with Crippen molar-refractivity contribution >= 4 is 5.91 Å². The lowest BCUT2D eigenvalue weighted by molar-refractivity contribution is -0.160. The maximum absolute atomic E-state index is 13.8. The number of hydrogen-bond acceptors (Lipinski definition) is 2. The maximum Gasteiger partial charge on any atom is 0.328 e. The molecule has 21 heavy (non-hydrogen) atoms. The first-order valence-corrected chi connectivity index (χ1v) is 7.03. The SMILES string of the molecule is O=C(N1CCOCC1)C(F)(F)C/C=C/Cc1ccccc1. The average molecular weight is 295 g/mol. The molecule has 0 N–H and O–H groups in total. The smallest absolute Gasteiger partial charge is 0.328 e. The lowest BCUT2D eigenvalue weighted by Crippen LogP contribution is -2.48. The first kappa shape index (κ1) is 15.6. The molecule has 1 fully saturated rings. The van der Waals surface area contributed by atoms with E-state index in [1.807, 2.05) is 30.3 Å². The van der Waals surface area contributed by atoms with Crippen LogP contribution < -0.4 is 0 Å². The summed E-state index contributed by atoms with van der Waals surface area (Å²) in [5.41, 5.74) is 1.05. The highest BCUT2D eigenvalue weighted by Crippen LogP contribution is 2.23. The predicted octanol–water partition coefficient (Wildman–Crippen LogP) is 2.67. The van der Waals surface area contributed by atoms with Crippen LogP contribution in [-0.2, 0) is 16.0 Å². The van der Waals surface area contributed by atoms with Gasteiger partial charge in [-0.05, 0) is 12.0 Å². The Hall–Kier alpha value is -1.75. The van der Waals surface area contributed by atoms with Crippen LogP contribution in [0.15, 0.2) is 42.5 Å². The van der Waals surface area contributed by atoms with E-state index in [1.54, 1.807) is 6.08 Å². The highest BCUT2D eigenvalue weighted by Gasteiger charge is 2.41. The number of ether oxygens (including phenoxy) is 1. The molecule has 1 aliphatic heterocycles. The van der Waals surface area contributed by atoms with E-state index in [-0.39, 0.29) is 13.1 Å².